The smallest absolute Gasteiger partial charge is 0.258 e. The van der Waals surface area contributed by atoms with Gasteiger partial charge in [0.1, 0.15) is 5.75 Å². The van der Waals surface area contributed by atoms with Crippen LogP contribution in [0.2, 0.25) is 0 Å². The molecule has 0 atom stereocenters. The molecule has 0 bridgehead atoms. The highest BCUT2D eigenvalue weighted by Gasteiger charge is 2.07. The Kier molecular flexibility index (Phi) is 5.74. The number of ether oxygens (including phenoxy) is 1. The fraction of sp³-hybridized carbons (Fsp3) is 0.222. The molecule has 2 rings (SSSR count). The molecule has 0 saturated carbocycles. The minimum atomic E-state index is -0.194. The van der Waals surface area contributed by atoms with E-state index in [0.29, 0.717) is 17.0 Å². The first-order valence-electron chi connectivity index (χ1n) is 7.43. The Balaban J connectivity index is 1.94. The van der Waals surface area contributed by atoms with E-state index < -0.39 is 0 Å². The Bertz CT molecular complexity index is 669. The summed E-state index contributed by atoms with van der Waals surface area (Å²) in [5, 5.41) is 5.55. The second-order valence-corrected chi connectivity index (χ2v) is 5.36. The van der Waals surface area contributed by atoms with Crippen LogP contribution in [0.5, 0.6) is 5.75 Å². The SMILES string of the molecule is CC(C)NC(=O)COc1cccc(NC(=O)c2ccccc2)c1. The van der Waals surface area contributed by atoms with Crippen LogP contribution in [-0.2, 0) is 4.79 Å². The van der Waals surface area contributed by atoms with Crippen LogP contribution in [-0.4, -0.2) is 24.5 Å². The van der Waals surface area contributed by atoms with Crippen molar-refractivity contribution < 1.29 is 14.3 Å². The summed E-state index contributed by atoms with van der Waals surface area (Å²) in [7, 11) is 0. The Hall–Kier alpha value is -2.82. The molecular weight excluding hydrogens is 292 g/mol. The van der Waals surface area contributed by atoms with E-state index in [1.165, 1.54) is 0 Å². The van der Waals surface area contributed by atoms with E-state index in [9.17, 15) is 9.59 Å². The average Bonchev–Trinajstić information content (AvgIpc) is 2.53. The maximum absolute atomic E-state index is 12.1. The van der Waals surface area contributed by atoms with Gasteiger partial charge in [-0.25, -0.2) is 0 Å². The van der Waals surface area contributed by atoms with Crippen LogP contribution in [0, 0.1) is 0 Å². The van der Waals surface area contributed by atoms with Gasteiger partial charge in [0, 0.05) is 23.4 Å². The number of hydrogen-bond donors (Lipinski definition) is 2. The van der Waals surface area contributed by atoms with Gasteiger partial charge in [-0.05, 0) is 38.1 Å². The molecule has 0 aliphatic heterocycles. The fourth-order valence-corrected chi connectivity index (χ4v) is 1.97. The van der Waals surface area contributed by atoms with Crippen molar-refractivity contribution in [1.82, 2.24) is 5.32 Å². The Morgan fingerprint density at radius 3 is 2.48 bits per heavy atom. The predicted octanol–water partition coefficient (Wildman–Crippen LogP) is 2.84. The summed E-state index contributed by atoms with van der Waals surface area (Å²) >= 11 is 0. The van der Waals surface area contributed by atoms with Gasteiger partial charge in [-0.2, -0.15) is 0 Å². The largest absolute Gasteiger partial charge is 0.484 e. The summed E-state index contributed by atoms with van der Waals surface area (Å²) in [6.45, 7) is 3.71. The van der Waals surface area contributed by atoms with Crippen molar-refractivity contribution in [3.05, 3.63) is 60.2 Å². The van der Waals surface area contributed by atoms with Crippen LogP contribution in [0.3, 0.4) is 0 Å². The zero-order chi connectivity index (χ0) is 16.7. The molecule has 0 aliphatic rings. The molecule has 2 aromatic rings. The Labute approximate surface area is 135 Å². The van der Waals surface area contributed by atoms with Crippen molar-refractivity contribution in [2.24, 2.45) is 0 Å². The zero-order valence-corrected chi connectivity index (χ0v) is 13.2. The highest BCUT2D eigenvalue weighted by Crippen LogP contribution is 2.18. The second kappa shape index (κ2) is 7.98. The number of nitrogens with one attached hydrogen (secondary N) is 2. The van der Waals surface area contributed by atoms with Crippen LogP contribution in [0.15, 0.2) is 54.6 Å². The van der Waals surface area contributed by atoms with Crippen molar-refractivity contribution in [2.45, 2.75) is 19.9 Å². The summed E-state index contributed by atoms with van der Waals surface area (Å²) in [6, 6.07) is 16.0. The van der Waals surface area contributed by atoms with Crippen molar-refractivity contribution in [1.29, 1.82) is 0 Å². The van der Waals surface area contributed by atoms with E-state index in [1.807, 2.05) is 32.0 Å². The van der Waals surface area contributed by atoms with Crippen LogP contribution < -0.4 is 15.4 Å². The van der Waals surface area contributed by atoms with E-state index in [-0.39, 0.29) is 24.5 Å². The summed E-state index contributed by atoms with van der Waals surface area (Å²) in [5.74, 6) is 0.147. The highest BCUT2D eigenvalue weighted by molar-refractivity contribution is 6.04. The molecule has 23 heavy (non-hydrogen) atoms. The minimum absolute atomic E-state index is 0.0612. The molecule has 5 heteroatoms. The molecule has 2 amide bonds. The highest BCUT2D eigenvalue weighted by atomic mass is 16.5. The summed E-state index contributed by atoms with van der Waals surface area (Å²) in [4.78, 5) is 23.7. The van der Waals surface area contributed by atoms with Crippen LogP contribution in [0.4, 0.5) is 5.69 Å². The van der Waals surface area contributed by atoms with E-state index in [0.717, 1.165) is 0 Å². The van der Waals surface area contributed by atoms with Crippen LogP contribution in [0.25, 0.3) is 0 Å². The lowest BCUT2D eigenvalue weighted by Crippen LogP contribution is -2.34. The summed E-state index contributed by atoms with van der Waals surface area (Å²) in [6.07, 6.45) is 0. The van der Waals surface area contributed by atoms with E-state index in [4.69, 9.17) is 4.74 Å². The molecule has 2 aromatic carbocycles. The first kappa shape index (κ1) is 16.5. The van der Waals surface area contributed by atoms with Crippen LogP contribution in [0.1, 0.15) is 24.2 Å². The molecule has 5 nitrogen and oxygen atoms in total. The standard InChI is InChI=1S/C18H20N2O3/c1-13(2)19-17(21)12-23-16-10-6-9-15(11-16)20-18(22)14-7-4-3-5-8-14/h3-11,13H,12H2,1-2H3,(H,19,21)(H,20,22). The number of anilines is 1. The molecule has 0 aliphatic carbocycles. The third-order valence-corrected chi connectivity index (χ3v) is 2.95. The lowest BCUT2D eigenvalue weighted by molar-refractivity contribution is -0.123. The number of hydrogen-bond acceptors (Lipinski definition) is 3. The zero-order valence-electron chi connectivity index (χ0n) is 13.2. The quantitative estimate of drug-likeness (QED) is 0.862. The topological polar surface area (TPSA) is 67.4 Å². The molecule has 0 heterocycles. The van der Waals surface area contributed by atoms with Crippen molar-refractivity contribution >= 4 is 17.5 Å². The summed E-state index contributed by atoms with van der Waals surface area (Å²) < 4.78 is 5.43. The summed E-state index contributed by atoms with van der Waals surface area (Å²) in [5.41, 5.74) is 1.19. The minimum Gasteiger partial charge on any atom is -0.484 e. The predicted molar refractivity (Wildman–Crippen MR) is 89.6 cm³/mol. The van der Waals surface area contributed by atoms with Crippen molar-refractivity contribution in [2.75, 3.05) is 11.9 Å². The average molecular weight is 312 g/mol. The maximum Gasteiger partial charge on any atom is 0.258 e. The van der Waals surface area contributed by atoms with Gasteiger partial charge >= 0.3 is 0 Å². The monoisotopic (exact) mass is 312 g/mol. The number of rotatable bonds is 6. The van der Waals surface area contributed by atoms with Gasteiger partial charge in [-0.3, -0.25) is 9.59 Å². The molecule has 0 radical (unpaired) electrons. The Morgan fingerprint density at radius 1 is 1.04 bits per heavy atom. The number of benzene rings is 2. The number of amides is 2. The van der Waals surface area contributed by atoms with Gasteiger partial charge in [-0.15, -0.1) is 0 Å². The number of carbonyl (C=O) groups excluding carboxylic acids is 2. The lowest BCUT2D eigenvalue weighted by Gasteiger charge is -2.11. The third-order valence-electron chi connectivity index (χ3n) is 2.95. The van der Waals surface area contributed by atoms with E-state index in [1.54, 1.807) is 36.4 Å². The molecular formula is C18H20N2O3. The molecule has 0 saturated heterocycles. The number of carbonyl (C=O) groups is 2. The molecule has 0 spiro atoms. The van der Waals surface area contributed by atoms with Gasteiger partial charge in [0.2, 0.25) is 0 Å². The molecule has 0 unspecified atom stereocenters. The van der Waals surface area contributed by atoms with Gasteiger partial charge < -0.3 is 15.4 Å². The molecule has 0 fully saturated rings. The van der Waals surface area contributed by atoms with E-state index in [2.05, 4.69) is 10.6 Å². The van der Waals surface area contributed by atoms with Gasteiger partial charge in [0.25, 0.3) is 11.8 Å². The molecule has 2 N–H and O–H groups in total. The third kappa shape index (κ3) is 5.47. The van der Waals surface area contributed by atoms with Crippen molar-refractivity contribution in [3.8, 4) is 5.75 Å². The second-order valence-electron chi connectivity index (χ2n) is 5.36. The van der Waals surface area contributed by atoms with Crippen molar-refractivity contribution in [3.63, 3.8) is 0 Å². The maximum atomic E-state index is 12.1. The molecule has 120 valence electrons. The normalized spacial score (nSPS) is 10.2. The van der Waals surface area contributed by atoms with Gasteiger partial charge in [0.05, 0.1) is 0 Å². The first-order valence-corrected chi connectivity index (χ1v) is 7.43. The first-order chi connectivity index (χ1) is 11.0. The van der Waals surface area contributed by atoms with E-state index >= 15 is 0 Å². The Morgan fingerprint density at radius 2 is 1.78 bits per heavy atom. The molecule has 0 aromatic heterocycles. The lowest BCUT2D eigenvalue weighted by atomic mass is 10.2. The van der Waals surface area contributed by atoms with Gasteiger partial charge in [0.15, 0.2) is 6.61 Å². The van der Waals surface area contributed by atoms with Crippen LogP contribution >= 0.6 is 0 Å². The fourth-order valence-electron chi connectivity index (χ4n) is 1.97. The van der Waals surface area contributed by atoms with Gasteiger partial charge in [-0.1, -0.05) is 24.3 Å².